The van der Waals surface area contributed by atoms with Gasteiger partial charge in [0.05, 0.1) is 16.1 Å². The van der Waals surface area contributed by atoms with Gasteiger partial charge in [-0.3, -0.25) is 10.1 Å². The summed E-state index contributed by atoms with van der Waals surface area (Å²) < 4.78 is 38.4. The van der Waals surface area contributed by atoms with Crippen molar-refractivity contribution in [2.24, 2.45) is 0 Å². The van der Waals surface area contributed by atoms with Gasteiger partial charge in [0.1, 0.15) is 0 Å². The van der Waals surface area contributed by atoms with E-state index in [1.54, 1.807) is 0 Å². The molecule has 1 rings (SSSR count). The highest BCUT2D eigenvalue weighted by Gasteiger charge is 2.51. The fourth-order valence-corrected chi connectivity index (χ4v) is 1.34. The number of halogens is 3. The van der Waals surface area contributed by atoms with Gasteiger partial charge in [-0.05, 0) is 18.8 Å². The molecule has 0 aliphatic carbocycles. The van der Waals surface area contributed by atoms with Gasteiger partial charge in [0.2, 0.25) is 5.69 Å². The fourth-order valence-electron chi connectivity index (χ4n) is 1.34. The molecule has 0 bridgehead atoms. The molecule has 0 unspecified atom stereocenters. The maximum Gasteiger partial charge on any atom is 0.468 e. The molecule has 0 saturated carbocycles. The molecular weight excluding hydrogens is 261 g/mol. The Morgan fingerprint density at radius 2 is 1.72 bits per heavy atom. The number of hydrogen-bond donors (Lipinski definition) is 0. The third-order valence-corrected chi connectivity index (χ3v) is 1.98. The summed E-state index contributed by atoms with van der Waals surface area (Å²) in [7, 11) is 0. The van der Waals surface area contributed by atoms with Gasteiger partial charge in [-0.15, -0.1) is 0 Å². The van der Waals surface area contributed by atoms with Crippen molar-refractivity contribution in [1.29, 1.82) is 0 Å². The van der Waals surface area contributed by atoms with Gasteiger partial charge in [0, 0.05) is 0 Å². The Morgan fingerprint density at radius 3 is 2.00 bits per heavy atom. The second-order valence-electron chi connectivity index (χ2n) is 3.57. The molecule has 0 aliphatic heterocycles. The molecule has 0 aliphatic rings. The van der Waals surface area contributed by atoms with E-state index in [0.717, 1.165) is 0 Å². The van der Waals surface area contributed by atoms with Crippen molar-refractivity contribution in [1.82, 2.24) is 9.78 Å². The van der Waals surface area contributed by atoms with Crippen LogP contribution in [0.1, 0.15) is 25.6 Å². The molecule has 0 amide bonds. The molecule has 1 heterocycles. The highest BCUT2D eigenvalue weighted by molar-refractivity contribution is 5.52. The van der Waals surface area contributed by atoms with E-state index in [4.69, 9.17) is 0 Å². The number of alkyl halides is 3. The Hall–Kier alpha value is -2.20. The van der Waals surface area contributed by atoms with Crippen LogP contribution in [0.3, 0.4) is 0 Å². The standard InChI is InChI=1S/C7H7F3N4O4/c1-3(2)12-5(7(8,9)10)4(13(15)16)6(11-12)14(17)18/h3H,1-2H3. The van der Waals surface area contributed by atoms with Crippen molar-refractivity contribution in [2.45, 2.75) is 26.1 Å². The first-order chi connectivity index (χ1) is 8.07. The molecular formula is C7H7F3N4O4. The van der Waals surface area contributed by atoms with Gasteiger partial charge < -0.3 is 10.1 Å². The smallest absolute Gasteiger partial charge is 0.358 e. The van der Waals surface area contributed by atoms with E-state index in [0.29, 0.717) is 0 Å². The highest BCUT2D eigenvalue weighted by atomic mass is 19.4. The third kappa shape index (κ3) is 2.24. The van der Waals surface area contributed by atoms with Crippen LogP contribution in [0.2, 0.25) is 0 Å². The topological polar surface area (TPSA) is 104 Å². The normalized spacial score (nSPS) is 11.9. The Bertz CT molecular complexity index is 508. The zero-order chi connectivity index (χ0) is 14.2. The lowest BCUT2D eigenvalue weighted by molar-refractivity contribution is -0.426. The average Bonchev–Trinajstić information content (AvgIpc) is 2.56. The molecule has 11 heteroatoms. The van der Waals surface area contributed by atoms with Crippen LogP contribution in [-0.4, -0.2) is 19.6 Å². The van der Waals surface area contributed by atoms with Crippen molar-refractivity contribution >= 4 is 11.5 Å². The summed E-state index contributed by atoms with van der Waals surface area (Å²) in [5.41, 5.74) is -3.37. The number of rotatable bonds is 3. The van der Waals surface area contributed by atoms with E-state index < -0.39 is 39.3 Å². The van der Waals surface area contributed by atoms with Crippen LogP contribution in [0.5, 0.6) is 0 Å². The molecule has 100 valence electrons. The van der Waals surface area contributed by atoms with Crippen molar-refractivity contribution < 1.29 is 23.0 Å². The van der Waals surface area contributed by atoms with E-state index in [9.17, 15) is 33.4 Å². The van der Waals surface area contributed by atoms with Crippen LogP contribution in [0.15, 0.2) is 0 Å². The van der Waals surface area contributed by atoms with Gasteiger partial charge in [-0.25, -0.2) is 0 Å². The van der Waals surface area contributed by atoms with Crippen LogP contribution < -0.4 is 0 Å². The summed E-state index contributed by atoms with van der Waals surface area (Å²) >= 11 is 0. The van der Waals surface area contributed by atoms with Gasteiger partial charge >= 0.3 is 17.7 Å². The monoisotopic (exact) mass is 268 g/mol. The van der Waals surface area contributed by atoms with Gasteiger partial charge in [-0.1, -0.05) is 0 Å². The SMILES string of the molecule is CC(C)n1nc([N+](=O)[O-])c([N+](=O)[O-])c1C(F)(F)F. The first-order valence-electron chi connectivity index (χ1n) is 4.55. The van der Waals surface area contributed by atoms with Gasteiger partial charge in [0.25, 0.3) is 0 Å². The van der Waals surface area contributed by atoms with Crippen molar-refractivity contribution in [2.75, 3.05) is 0 Å². The quantitative estimate of drug-likeness (QED) is 0.617. The van der Waals surface area contributed by atoms with E-state index in [1.165, 1.54) is 13.8 Å². The minimum Gasteiger partial charge on any atom is -0.358 e. The van der Waals surface area contributed by atoms with Crippen LogP contribution in [0.4, 0.5) is 24.7 Å². The molecule has 0 N–H and O–H groups in total. The molecule has 1 aromatic rings. The Morgan fingerprint density at radius 1 is 1.22 bits per heavy atom. The molecule has 0 atom stereocenters. The summed E-state index contributed by atoms with van der Waals surface area (Å²) in [6, 6.07) is -0.908. The minimum atomic E-state index is -5.10. The van der Waals surface area contributed by atoms with Crippen molar-refractivity contribution in [3.8, 4) is 0 Å². The van der Waals surface area contributed by atoms with Gasteiger partial charge in [-0.2, -0.15) is 17.9 Å². The third-order valence-electron chi connectivity index (χ3n) is 1.98. The number of hydrogen-bond acceptors (Lipinski definition) is 5. The lowest BCUT2D eigenvalue weighted by Crippen LogP contribution is -2.17. The number of nitro groups is 2. The second-order valence-corrected chi connectivity index (χ2v) is 3.57. The zero-order valence-corrected chi connectivity index (χ0v) is 9.13. The largest absolute Gasteiger partial charge is 0.468 e. The van der Waals surface area contributed by atoms with Crippen LogP contribution in [-0.2, 0) is 6.18 Å². The zero-order valence-electron chi connectivity index (χ0n) is 9.13. The molecule has 18 heavy (non-hydrogen) atoms. The first-order valence-corrected chi connectivity index (χ1v) is 4.55. The van der Waals surface area contributed by atoms with E-state index >= 15 is 0 Å². The van der Waals surface area contributed by atoms with Crippen molar-refractivity contribution in [3.05, 3.63) is 25.9 Å². The van der Waals surface area contributed by atoms with Crippen molar-refractivity contribution in [3.63, 3.8) is 0 Å². The van der Waals surface area contributed by atoms with Crippen LogP contribution in [0.25, 0.3) is 0 Å². The fraction of sp³-hybridized carbons (Fsp3) is 0.571. The van der Waals surface area contributed by atoms with E-state index in [1.807, 2.05) is 0 Å². The predicted octanol–water partition coefficient (Wildman–Crippen LogP) is 2.30. The second kappa shape index (κ2) is 4.23. The Labute approximate surface area is 97.3 Å². The molecule has 0 fully saturated rings. The Balaban J connectivity index is 3.72. The summed E-state index contributed by atoms with van der Waals surface area (Å²) in [6.45, 7) is 2.55. The predicted molar refractivity (Wildman–Crippen MR) is 50.9 cm³/mol. The number of aromatic nitrogens is 2. The Kier molecular flexibility index (Phi) is 3.26. The molecule has 8 nitrogen and oxygen atoms in total. The van der Waals surface area contributed by atoms with Crippen LogP contribution >= 0.6 is 0 Å². The summed E-state index contributed by atoms with van der Waals surface area (Å²) in [5.74, 6) is -1.42. The minimum absolute atomic E-state index is 0.232. The maximum absolute atomic E-state index is 12.7. The number of nitrogens with zero attached hydrogens (tertiary/aromatic N) is 4. The summed E-state index contributed by atoms with van der Waals surface area (Å²) in [5, 5.41) is 24.1. The molecule has 1 aromatic heterocycles. The van der Waals surface area contributed by atoms with E-state index in [2.05, 4.69) is 5.10 Å². The molecule has 0 saturated heterocycles. The molecule has 0 aromatic carbocycles. The average molecular weight is 268 g/mol. The van der Waals surface area contributed by atoms with Crippen LogP contribution in [0, 0.1) is 20.2 Å². The molecule has 0 radical (unpaired) electrons. The lowest BCUT2D eigenvalue weighted by Gasteiger charge is -2.08. The highest BCUT2D eigenvalue weighted by Crippen LogP contribution is 2.42. The van der Waals surface area contributed by atoms with Gasteiger partial charge in [0.15, 0.2) is 0 Å². The maximum atomic E-state index is 12.7. The summed E-state index contributed by atoms with van der Waals surface area (Å²) in [4.78, 5) is 18.3. The molecule has 0 spiro atoms. The first kappa shape index (κ1) is 13.9. The lowest BCUT2D eigenvalue weighted by atomic mass is 10.3. The summed E-state index contributed by atoms with van der Waals surface area (Å²) in [6.07, 6.45) is -5.10. The van der Waals surface area contributed by atoms with E-state index in [-0.39, 0.29) is 4.68 Å².